The zero-order valence-electron chi connectivity index (χ0n) is 10.5. The SMILES string of the molecule is CCOC(=O)CC(=O)CSc1cccc(OC)c1. The molecule has 0 radical (unpaired) electrons. The van der Waals surface area contributed by atoms with Gasteiger partial charge >= 0.3 is 5.97 Å². The topological polar surface area (TPSA) is 52.6 Å². The van der Waals surface area contributed by atoms with Gasteiger partial charge in [0.05, 0.1) is 19.5 Å². The lowest BCUT2D eigenvalue weighted by atomic mass is 10.3. The molecule has 4 nitrogen and oxygen atoms in total. The van der Waals surface area contributed by atoms with Crippen LogP contribution in [0.5, 0.6) is 5.75 Å². The third kappa shape index (κ3) is 5.23. The highest BCUT2D eigenvalue weighted by molar-refractivity contribution is 8.00. The number of ether oxygens (including phenoxy) is 2. The van der Waals surface area contributed by atoms with E-state index in [4.69, 9.17) is 9.47 Å². The van der Waals surface area contributed by atoms with Crippen LogP contribution in [0.4, 0.5) is 0 Å². The monoisotopic (exact) mass is 268 g/mol. The van der Waals surface area contributed by atoms with Crippen molar-refractivity contribution in [3.63, 3.8) is 0 Å². The van der Waals surface area contributed by atoms with Crippen molar-refractivity contribution in [3.8, 4) is 5.75 Å². The molecule has 98 valence electrons. The van der Waals surface area contributed by atoms with Crippen LogP contribution in [0.3, 0.4) is 0 Å². The Balaban J connectivity index is 2.40. The Bertz CT molecular complexity index is 417. The molecule has 0 aliphatic heterocycles. The van der Waals surface area contributed by atoms with E-state index in [0.29, 0.717) is 6.61 Å². The second kappa shape index (κ2) is 7.76. The van der Waals surface area contributed by atoms with Gasteiger partial charge in [-0.1, -0.05) is 6.07 Å². The summed E-state index contributed by atoms with van der Waals surface area (Å²) in [6.45, 7) is 2.02. The number of hydrogen-bond acceptors (Lipinski definition) is 5. The molecule has 0 aliphatic carbocycles. The molecular formula is C13H16O4S. The van der Waals surface area contributed by atoms with E-state index in [-0.39, 0.29) is 18.0 Å². The van der Waals surface area contributed by atoms with Gasteiger partial charge in [0.2, 0.25) is 0 Å². The minimum Gasteiger partial charge on any atom is -0.497 e. The minimum absolute atomic E-state index is 0.138. The number of benzene rings is 1. The van der Waals surface area contributed by atoms with E-state index in [9.17, 15) is 9.59 Å². The van der Waals surface area contributed by atoms with Crippen LogP contribution in [0, 0.1) is 0 Å². The number of carbonyl (C=O) groups excluding carboxylic acids is 2. The van der Waals surface area contributed by atoms with Crippen LogP contribution < -0.4 is 4.74 Å². The number of thioether (sulfide) groups is 1. The van der Waals surface area contributed by atoms with Crippen molar-refractivity contribution in [1.29, 1.82) is 0 Å². The van der Waals surface area contributed by atoms with E-state index in [1.807, 2.05) is 24.3 Å². The molecule has 1 aromatic carbocycles. The van der Waals surface area contributed by atoms with Gasteiger partial charge in [0.1, 0.15) is 12.2 Å². The molecule has 0 aromatic heterocycles. The van der Waals surface area contributed by atoms with Gasteiger partial charge in [0, 0.05) is 4.90 Å². The number of carbonyl (C=O) groups is 2. The van der Waals surface area contributed by atoms with E-state index in [1.54, 1.807) is 14.0 Å². The third-order valence-corrected chi connectivity index (χ3v) is 3.14. The van der Waals surface area contributed by atoms with Gasteiger partial charge in [0.15, 0.2) is 5.78 Å². The Morgan fingerprint density at radius 1 is 1.33 bits per heavy atom. The predicted molar refractivity (Wildman–Crippen MR) is 70.0 cm³/mol. The first-order valence-electron chi connectivity index (χ1n) is 5.60. The van der Waals surface area contributed by atoms with Crippen LogP contribution in [0.2, 0.25) is 0 Å². The Hall–Kier alpha value is -1.49. The first-order chi connectivity index (χ1) is 8.65. The molecule has 0 bridgehead atoms. The Kier molecular flexibility index (Phi) is 6.28. The lowest BCUT2D eigenvalue weighted by molar-refractivity contribution is -0.145. The van der Waals surface area contributed by atoms with Crippen molar-refractivity contribution in [1.82, 2.24) is 0 Å². The predicted octanol–water partition coefficient (Wildman–Crippen LogP) is 2.31. The second-order valence-electron chi connectivity index (χ2n) is 3.49. The van der Waals surface area contributed by atoms with E-state index in [0.717, 1.165) is 10.6 Å². The summed E-state index contributed by atoms with van der Waals surface area (Å²) in [4.78, 5) is 23.5. The normalized spacial score (nSPS) is 9.89. The molecule has 18 heavy (non-hydrogen) atoms. The van der Waals surface area contributed by atoms with Crippen molar-refractivity contribution in [3.05, 3.63) is 24.3 Å². The fourth-order valence-corrected chi connectivity index (χ4v) is 2.08. The molecule has 0 atom stereocenters. The number of esters is 1. The quantitative estimate of drug-likeness (QED) is 0.431. The first kappa shape index (κ1) is 14.6. The smallest absolute Gasteiger partial charge is 0.313 e. The standard InChI is InChI=1S/C13H16O4S/c1-3-17-13(15)7-10(14)9-18-12-6-4-5-11(8-12)16-2/h4-6,8H,3,7,9H2,1-2H3. The molecule has 0 saturated carbocycles. The summed E-state index contributed by atoms with van der Waals surface area (Å²) < 4.78 is 9.80. The van der Waals surface area contributed by atoms with E-state index in [1.165, 1.54) is 11.8 Å². The van der Waals surface area contributed by atoms with Gasteiger partial charge < -0.3 is 9.47 Å². The van der Waals surface area contributed by atoms with Crippen LogP contribution in [-0.4, -0.2) is 31.2 Å². The lowest BCUT2D eigenvalue weighted by Gasteiger charge is -2.04. The molecule has 0 amide bonds. The molecule has 0 unspecified atom stereocenters. The van der Waals surface area contributed by atoms with E-state index < -0.39 is 5.97 Å². The molecule has 1 rings (SSSR count). The fraction of sp³-hybridized carbons (Fsp3) is 0.385. The van der Waals surface area contributed by atoms with Gasteiger partial charge in [-0.2, -0.15) is 0 Å². The molecule has 0 saturated heterocycles. The van der Waals surface area contributed by atoms with Crippen LogP contribution >= 0.6 is 11.8 Å². The maximum Gasteiger partial charge on any atom is 0.313 e. The van der Waals surface area contributed by atoms with Crippen molar-refractivity contribution >= 4 is 23.5 Å². The maximum atomic E-state index is 11.5. The summed E-state index contributed by atoms with van der Waals surface area (Å²) >= 11 is 1.38. The lowest BCUT2D eigenvalue weighted by Crippen LogP contribution is -2.12. The van der Waals surface area contributed by atoms with Gasteiger partial charge in [-0.25, -0.2) is 0 Å². The molecule has 0 fully saturated rings. The van der Waals surface area contributed by atoms with Gasteiger partial charge in [-0.3, -0.25) is 9.59 Å². The van der Waals surface area contributed by atoms with Crippen LogP contribution in [0.25, 0.3) is 0 Å². The zero-order valence-corrected chi connectivity index (χ0v) is 11.3. The molecule has 0 spiro atoms. The Morgan fingerprint density at radius 3 is 2.78 bits per heavy atom. The van der Waals surface area contributed by atoms with Crippen molar-refractivity contribution in [2.24, 2.45) is 0 Å². The number of ketones is 1. The Labute approximate surface area is 111 Å². The molecule has 5 heteroatoms. The highest BCUT2D eigenvalue weighted by Crippen LogP contribution is 2.22. The van der Waals surface area contributed by atoms with E-state index in [2.05, 4.69) is 0 Å². The number of rotatable bonds is 7. The summed E-state index contributed by atoms with van der Waals surface area (Å²) in [5.74, 6) is 0.402. The number of hydrogen-bond donors (Lipinski definition) is 0. The van der Waals surface area contributed by atoms with Crippen LogP contribution in [0.15, 0.2) is 29.2 Å². The highest BCUT2D eigenvalue weighted by atomic mass is 32.2. The average molecular weight is 268 g/mol. The van der Waals surface area contributed by atoms with Crippen LogP contribution in [0.1, 0.15) is 13.3 Å². The first-order valence-corrected chi connectivity index (χ1v) is 6.58. The van der Waals surface area contributed by atoms with Crippen LogP contribution in [-0.2, 0) is 14.3 Å². The Morgan fingerprint density at radius 2 is 2.11 bits per heavy atom. The van der Waals surface area contributed by atoms with Crippen molar-refractivity contribution in [2.45, 2.75) is 18.2 Å². The van der Waals surface area contributed by atoms with Gasteiger partial charge in [-0.05, 0) is 25.1 Å². The fourth-order valence-electron chi connectivity index (χ4n) is 1.28. The maximum absolute atomic E-state index is 11.5. The summed E-state index contributed by atoms with van der Waals surface area (Å²) in [6, 6.07) is 7.44. The second-order valence-corrected chi connectivity index (χ2v) is 4.54. The molecular weight excluding hydrogens is 252 g/mol. The molecule has 0 aliphatic rings. The van der Waals surface area contributed by atoms with Crippen molar-refractivity contribution in [2.75, 3.05) is 19.5 Å². The van der Waals surface area contributed by atoms with Crippen molar-refractivity contribution < 1.29 is 19.1 Å². The van der Waals surface area contributed by atoms with Gasteiger partial charge in [0.25, 0.3) is 0 Å². The molecule has 0 heterocycles. The van der Waals surface area contributed by atoms with Gasteiger partial charge in [-0.15, -0.1) is 11.8 Å². The minimum atomic E-state index is -0.464. The summed E-state index contributed by atoms with van der Waals surface area (Å²) in [6.07, 6.45) is -0.162. The third-order valence-electron chi connectivity index (χ3n) is 2.09. The van der Waals surface area contributed by atoms with E-state index >= 15 is 0 Å². The number of methoxy groups -OCH3 is 1. The zero-order chi connectivity index (χ0) is 13.4. The highest BCUT2D eigenvalue weighted by Gasteiger charge is 2.10. The summed E-state index contributed by atoms with van der Waals surface area (Å²) in [5.41, 5.74) is 0. The molecule has 1 aromatic rings. The summed E-state index contributed by atoms with van der Waals surface area (Å²) in [5, 5.41) is 0. The number of Topliss-reactive ketones (excluding diaryl/α,β-unsaturated/α-hetero) is 1. The average Bonchev–Trinajstić information content (AvgIpc) is 2.37. The molecule has 0 N–H and O–H groups in total. The summed E-state index contributed by atoms with van der Waals surface area (Å²) in [7, 11) is 1.59. The largest absolute Gasteiger partial charge is 0.497 e.